The van der Waals surface area contributed by atoms with E-state index in [-0.39, 0.29) is 11.5 Å². The van der Waals surface area contributed by atoms with Gasteiger partial charge in [0, 0.05) is 0 Å². The molecule has 0 atom stereocenters. The second-order valence-corrected chi connectivity index (χ2v) is 5.04. The first-order valence-corrected chi connectivity index (χ1v) is 6.30. The summed E-state index contributed by atoms with van der Waals surface area (Å²) in [6, 6.07) is 9.59. The quantitative estimate of drug-likeness (QED) is 0.834. The Labute approximate surface area is 115 Å². The summed E-state index contributed by atoms with van der Waals surface area (Å²) in [7, 11) is 0. The highest BCUT2D eigenvalue weighted by Gasteiger charge is 2.05. The van der Waals surface area contributed by atoms with Crippen LogP contribution in [0.2, 0.25) is 0 Å². The molecule has 0 aliphatic heterocycles. The van der Waals surface area contributed by atoms with E-state index in [1.54, 1.807) is 24.3 Å². The van der Waals surface area contributed by atoms with Gasteiger partial charge in [-0.25, -0.2) is 0 Å². The third-order valence-corrected chi connectivity index (χ3v) is 3.32. The van der Waals surface area contributed by atoms with Crippen molar-refractivity contribution < 1.29 is 14.9 Å². The standard InChI is InChI=1S/C12H8Br2O3/c13-9-6-8(2-3-11(9)16)17-12-4-1-7(15)5-10(12)14/h1-6,15-16H. The van der Waals surface area contributed by atoms with Crippen molar-refractivity contribution in [2.75, 3.05) is 0 Å². The van der Waals surface area contributed by atoms with Gasteiger partial charge in [-0.15, -0.1) is 0 Å². The molecule has 0 spiro atoms. The smallest absolute Gasteiger partial charge is 0.141 e. The van der Waals surface area contributed by atoms with Crippen molar-refractivity contribution in [1.82, 2.24) is 0 Å². The third kappa shape index (κ3) is 2.92. The van der Waals surface area contributed by atoms with Gasteiger partial charge in [0.1, 0.15) is 23.0 Å². The van der Waals surface area contributed by atoms with Crippen molar-refractivity contribution in [3.8, 4) is 23.0 Å². The van der Waals surface area contributed by atoms with Gasteiger partial charge in [0.2, 0.25) is 0 Å². The van der Waals surface area contributed by atoms with Crippen molar-refractivity contribution >= 4 is 31.9 Å². The van der Waals surface area contributed by atoms with E-state index in [1.807, 2.05) is 0 Å². The maximum Gasteiger partial charge on any atom is 0.141 e. The van der Waals surface area contributed by atoms with Crippen LogP contribution in [0.25, 0.3) is 0 Å². The molecule has 2 rings (SSSR count). The highest BCUT2D eigenvalue weighted by atomic mass is 79.9. The first kappa shape index (κ1) is 12.3. The zero-order chi connectivity index (χ0) is 12.4. The number of hydrogen-bond donors (Lipinski definition) is 2. The zero-order valence-electron chi connectivity index (χ0n) is 8.52. The molecule has 0 heterocycles. The van der Waals surface area contributed by atoms with E-state index in [2.05, 4.69) is 31.9 Å². The molecule has 0 aliphatic rings. The highest BCUT2D eigenvalue weighted by Crippen LogP contribution is 2.35. The van der Waals surface area contributed by atoms with Crippen molar-refractivity contribution in [3.05, 3.63) is 45.3 Å². The zero-order valence-corrected chi connectivity index (χ0v) is 11.7. The number of hydrogen-bond acceptors (Lipinski definition) is 3. The predicted octanol–water partition coefficient (Wildman–Crippen LogP) is 4.42. The molecule has 0 unspecified atom stereocenters. The third-order valence-electron chi connectivity index (χ3n) is 2.06. The first-order valence-electron chi connectivity index (χ1n) is 4.71. The van der Waals surface area contributed by atoms with Crippen LogP contribution in [0, 0.1) is 0 Å². The summed E-state index contributed by atoms with van der Waals surface area (Å²) in [5, 5.41) is 18.6. The minimum Gasteiger partial charge on any atom is -0.508 e. The van der Waals surface area contributed by atoms with Gasteiger partial charge < -0.3 is 14.9 Å². The molecule has 17 heavy (non-hydrogen) atoms. The molecular weight excluding hydrogens is 352 g/mol. The first-order chi connectivity index (χ1) is 8.06. The van der Waals surface area contributed by atoms with Gasteiger partial charge in [-0.05, 0) is 68.3 Å². The lowest BCUT2D eigenvalue weighted by molar-refractivity contribution is 0.455. The van der Waals surface area contributed by atoms with E-state index in [0.29, 0.717) is 20.4 Å². The second-order valence-electron chi connectivity index (χ2n) is 3.33. The number of phenolic OH excluding ortho intramolecular Hbond substituents is 2. The fourth-order valence-electron chi connectivity index (χ4n) is 1.25. The summed E-state index contributed by atoms with van der Waals surface area (Å²) in [4.78, 5) is 0. The topological polar surface area (TPSA) is 49.7 Å². The molecule has 88 valence electrons. The molecule has 2 aromatic rings. The molecule has 0 saturated carbocycles. The van der Waals surface area contributed by atoms with E-state index < -0.39 is 0 Å². The fraction of sp³-hybridized carbons (Fsp3) is 0. The average molecular weight is 360 g/mol. The molecule has 0 amide bonds. The normalized spacial score (nSPS) is 10.2. The molecular formula is C12H8Br2O3. The van der Waals surface area contributed by atoms with Crippen LogP contribution in [-0.4, -0.2) is 10.2 Å². The summed E-state index contributed by atoms with van der Waals surface area (Å²) in [5.74, 6) is 1.49. The van der Waals surface area contributed by atoms with Crippen molar-refractivity contribution in [2.45, 2.75) is 0 Å². The lowest BCUT2D eigenvalue weighted by atomic mass is 10.3. The Morgan fingerprint density at radius 1 is 0.882 bits per heavy atom. The number of rotatable bonds is 2. The molecule has 3 nitrogen and oxygen atoms in total. The molecule has 0 radical (unpaired) electrons. The molecule has 2 N–H and O–H groups in total. The van der Waals surface area contributed by atoms with Crippen molar-refractivity contribution in [3.63, 3.8) is 0 Å². The summed E-state index contributed by atoms with van der Waals surface area (Å²) in [5.41, 5.74) is 0. The van der Waals surface area contributed by atoms with Gasteiger partial charge in [0.15, 0.2) is 0 Å². The van der Waals surface area contributed by atoms with E-state index in [9.17, 15) is 10.2 Å². The largest absolute Gasteiger partial charge is 0.508 e. The van der Waals surface area contributed by atoms with Crippen LogP contribution in [-0.2, 0) is 0 Å². The number of ether oxygens (including phenoxy) is 1. The second kappa shape index (κ2) is 4.98. The molecule has 0 saturated heterocycles. The highest BCUT2D eigenvalue weighted by molar-refractivity contribution is 9.10. The van der Waals surface area contributed by atoms with Gasteiger partial charge in [-0.1, -0.05) is 0 Å². The lowest BCUT2D eigenvalue weighted by Gasteiger charge is -2.08. The maximum absolute atomic E-state index is 9.36. The van der Waals surface area contributed by atoms with E-state index in [0.717, 1.165) is 0 Å². The lowest BCUT2D eigenvalue weighted by Crippen LogP contribution is -1.85. The summed E-state index contributed by atoms with van der Waals surface area (Å²) in [6.45, 7) is 0. The average Bonchev–Trinajstić information content (AvgIpc) is 2.27. The van der Waals surface area contributed by atoms with Crippen LogP contribution < -0.4 is 4.74 Å². The molecule has 0 bridgehead atoms. The molecule has 2 aromatic carbocycles. The Morgan fingerprint density at radius 3 is 2.29 bits per heavy atom. The molecule has 0 aromatic heterocycles. The number of aromatic hydroxyl groups is 2. The van der Waals surface area contributed by atoms with Crippen molar-refractivity contribution in [2.24, 2.45) is 0 Å². The number of benzene rings is 2. The minimum absolute atomic E-state index is 0.155. The number of phenols is 2. The SMILES string of the molecule is Oc1ccc(Oc2ccc(O)c(Br)c2)c(Br)c1. The molecule has 0 aliphatic carbocycles. The van der Waals surface area contributed by atoms with Gasteiger partial charge in [0.25, 0.3) is 0 Å². The van der Waals surface area contributed by atoms with Crippen LogP contribution in [0.3, 0.4) is 0 Å². The Kier molecular flexibility index (Phi) is 3.59. The van der Waals surface area contributed by atoms with Gasteiger partial charge in [-0.2, -0.15) is 0 Å². The van der Waals surface area contributed by atoms with Crippen LogP contribution in [0.1, 0.15) is 0 Å². The van der Waals surface area contributed by atoms with Gasteiger partial charge >= 0.3 is 0 Å². The van der Waals surface area contributed by atoms with Crippen LogP contribution >= 0.6 is 31.9 Å². The van der Waals surface area contributed by atoms with Crippen LogP contribution in [0.4, 0.5) is 0 Å². The van der Waals surface area contributed by atoms with Gasteiger partial charge in [-0.3, -0.25) is 0 Å². The Morgan fingerprint density at radius 2 is 1.65 bits per heavy atom. The Bertz CT molecular complexity index is 555. The Hall–Kier alpha value is -1.20. The fourth-order valence-corrected chi connectivity index (χ4v) is 2.06. The van der Waals surface area contributed by atoms with E-state index in [1.165, 1.54) is 12.1 Å². The van der Waals surface area contributed by atoms with Crippen molar-refractivity contribution in [1.29, 1.82) is 0 Å². The van der Waals surface area contributed by atoms with E-state index in [4.69, 9.17) is 4.74 Å². The number of halogens is 2. The minimum atomic E-state index is 0.155. The molecule has 0 fully saturated rings. The van der Waals surface area contributed by atoms with Crippen LogP contribution in [0.15, 0.2) is 45.3 Å². The Balaban J connectivity index is 2.28. The van der Waals surface area contributed by atoms with Crippen LogP contribution in [0.5, 0.6) is 23.0 Å². The summed E-state index contributed by atoms with van der Waals surface area (Å²) in [6.07, 6.45) is 0. The van der Waals surface area contributed by atoms with Gasteiger partial charge in [0.05, 0.1) is 8.95 Å². The van der Waals surface area contributed by atoms with E-state index >= 15 is 0 Å². The maximum atomic E-state index is 9.36. The monoisotopic (exact) mass is 358 g/mol. The summed E-state index contributed by atoms with van der Waals surface area (Å²) < 4.78 is 6.82. The molecule has 5 heteroatoms. The summed E-state index contributed by atoms with van der Waals surface area (Å²) >= 11 is 6.50. The predicted molar refractivity (Wildman–Crippen MR) is 71.7 cm³/mol.